The molecule has 0 radical (unpaired) electrons. The highest BCUT2D eigenvalue weighted by molar-refractivity contribution is 7.89. The van der Waals surface area contributed by atoms with Crippen molar-refractivity contribution in [3.63, 3.8) is 0 Å². The molecule has 2 aromatic heterocycles. The molecule has 4 rings (SSSR count). The lowest BCUT2D eigenvalue weighted by Gasteiger charge is -2.35. The van der Waals surface area contributed by atoms with Crippen molar-refractivity contribution in [3.05, 3.63) is 41.9 Å². The highest BCUT2D eigenvalue weighted by Crippen LogP contribution is 2.23. The first kappa shape index (κ1) is 22.2. The molecule has 1 saturated heterocycles. The van der Waals surface area contributed by atoms with Crippen molar-refractivity contribution in [2.24, 2.45) is 7.05 Å². The molecule has 0 spiro atoms. The standard InChI is InChI=1S/C21H27N7O3S/c1-15-4-5-17(12-16(15)2)32(30,31)25-7-6-19(29)27-8-10-28(11-9-27)21-18-13-24-26(3)20(18)22-14-23-21/h4-5,12-14,25H,6-11H2,1-3H3. The number of hydrogen-bond donors (Lipinski definition) is 1. The summed E-state index contributed by atoms with van der Waals surface area (Å²) in [6.45, 7) is 6.25. The van der Waals surface area contributed by atoms with Crippen LogP contribution < -0.4 is 9.62 Å². The summed E-state index contributed by atoms with van der Waals surface area (Å²) in [6, 6.07) is 5.01. The molecule has 3 aromatic rings. The van der Waals surface area contributed by atoms with Crippen LogP contribution in [0.15, 0.2) is 35.6 Å². The fourth-order valence-electron chi connectivity index (χ4n) is 3.78. The quantitative estimate of drug-likeness (QED) is 0.587. The van der Waals surface area contributed by atoms with Crippen LogP contribution in [0.3, 0.4) is 0 Å². The molecule has 0 unspecified atom stereocenters. The number of piperazine rings is 1. The fraction of sp³-hybridized carbons (Fsp3) is 0.429. The Balaban J connectivity index is 1.30. The maximum Gasteiger partial charge on any atom is 0.240 e. The summed E-state index contributed by atoms with van der Waals surface area (Å²) >= 11 is 0. The van der Waals surface area contributed by atoms with Gasteiger partial charge < -0.3 is 9.80 Å². The third-order valence-corrected chi connectivity index (χ3v) is 7.32. The number of benzene rings is 1. The van der Waals surface area contributed by atoms with Gasteiger partial charge in [0.2, 0.25) is 15.9 Å². The van der Waals surface area contributed by atoms with Crippen LogP contribution in [0.4, 0.5) is 5.82 Å². The van der Waals surface area contributed by atoms with Gasteiger partial charge in [0, 0.05) is 46.2 Å². The van der Waals surface area contributed by atoms with E-state index in [1.165, 1.54) is 6.33 Å². The molecule has 1 aliphatic heterocycles. The van der Waals surface area contributed by atoms with Crippen LogP contribution >= 0.6 is 0 Å². The lowest BCUT2D eigenvalue weighted by Crippen LogP contribution is -2.49. The van der Waals surface area contributed by atoms with Gasteiger partial charge >= 0.3 is 0 Å². The normalized spacial score (nSPS) is 14.8. The van der Waals surface area contributed by atoms with Gasteiger partial charge in [-0.1, -0.05) is 6.07 Å². The van der Waals surface area contributed by atoms with E-state index in [4.69, 9.17) is 0 Å². The van der Waals surface area contributed by atoms with Gasteiger partial charge in [0.25, 0.3) is 0 Å². The number of nitrogens with one attached hydrogen (secondary N) is 1. The number of aryl methyl sites for hydroxylation is 3. The molecule has 10 nitrogen and oxygen atoms in total. The Labute approximate surface area is 187 Å². The summed E-state index contributed by atoms with van der Waals surface area (Å²) in [7, 11) is -1.80. The Morgan fingerprint density at radius 3 is 2.56 bits per heavy atom. The van der Waals surface area contributed by atoms with Gasteiger partial charge in [0.05, 0.1) is 16.5 Å². The van der Waals surface area contributed by atoms with Crippen molar-refractivity contribution >= 4 is 32.8 Å². The lowest BCUT2D eigenvalue weighted by atomic mass is 10.1. The predicted molar refractivity (Wildman–Crippen MR) is 121 cm³/mol. The minimum absolute atomic E-state index is 0.0660. The van der Waals surface area contributed by atoms with Crippen LogP contribution in [0.5, 0.6) is 0 Å². The van der Waals surface area contributed by atoms with E-state index in [0.29, 0.717) is 26.2 Å². The van der Waals surface area contributed by atoms with E-state index in [2.05, 4.69) is 24.7 Å². The van der Waals surface area contributed by atoms with Gasteiger partial charge in [-0.3, -0.25) is 9.48 Å². The predicted octanol–water partition coefficient (Wildman–Crippen LogP) is 0.997. The minimum Gasteiger partial charge on any atom is -0.352 e. The SMILES string of the molecule is Cc1ccc(S(=O)(=O)NCCC(=O)N2CCN(c3ncnc4c3cnn4C)CC2)cc1C. The molecule has 170 valence electrons. The summed E-state index contributed by atoms with van der Waals surface area (Å²) in [5.41, 5.74) is 2.71. The van der Waals surface area contributed by atoms with Crippen molar-refractivity contribution in [2.75, 3.05) is 37.6 Å². The summed E-state index contributed by atoms with van der Waals surface area (Å²) < 4.78 is 29.2. The van der Waals surface area contributed by atoms with Crippen LogP contribution in [0.1, 0.15) is 17.5 Å². The Hall–Kier alpha value is -3.05. The third kappa shape index (κ3) is 4.44. The van der Waals surface area contributed by atoms with Gasteiger partial charge in [0.1, 0.15) is 12.1 Å². The van der Waals surface area contributed by atoms with Crippen molar-refractivity contribution in [2.45, 2.75) is 25.2 Å². The first-order valence-electron chi connectivity index (χ1n) is 10.5. The van der Waals surface area contributed by atoms with Crippen molar-refractivity contribution in [1.82, 2.24) is 29.4 Å². The fourth-order valence-corrected chi connectivity index (χ4v) is 4.90. The van der Waals surface area contributed by atoms with Gasteiger partial charge in [-0.2, -0.15) is 5.10 Å². The van der Waals surface area contributed by atoms with Gasteiger partial charge in [0.15, 0.2) is 5.65 Å². The first-order valence-corrected chi connectivity index (χ1v) is 12.0. The number of fused-ring (bicyclic) bond motifs is 1. The molecule has 1 aromatic carbocycles. The number of rotatable bonds is 6. The highest BCUT2D eigenvalue weighted by Gasteiger charge is 2.24. The maximum atomic E-state index is 12.6. The third-order valence-electron chi connectivity index (χ3n) is 5.86. The second-order valence-electron chi connectivity index (χ2n) is 7.96. The number of carbonyl (C=O) groups excluding carboxylic acids is 1. The summed E-state index contributed by atoms with van der Waals surface area (Å²) in [5.74, 6) is 0.748. The summed E-state index contributed by atoms with van der Waals surface area (Å²) in [5, 5.41) is 5.13. The van der Waals surface area contributed by atoms with Crippen molar-refractivity contribution in [1.29, 1.82) is 0 Å². The number of anilines is 1. The highest BCUT2D eigenvalue weighted by atomic mass is 32.2. The van der Waals surface area contributed by atoms with Crippen molar-refractivity contribution in [3.8, 4) is 0 Å². The average Bonchev–Trinajstić information content (AvgIpc) is 3.16. The van der Waals surface area contributed by atoms with E-state index in [9.17, 15) is 13.2 Å². The molecule has 0 saturated carbocycles. The second-order valence-corrected chi connectivity index (χ2v) is 9.73. The molecule has 1 N–H and O–H groups in total. The average molecular weight is 458 g/mol. The van der Waals surface area contributed by atoms with Crippen LogP contribution in [0.25, 0.3) is 11.0 Å². The van der Waals surface area contributed by atoms with Crippen molar-refractivity contribution < 1.29 is 13.2 Å². The van der Waals surface area contributed by atoms with E-state index in [-0.39, 0.29) is 23.8 Å². The molecule has 1 amide bonds. The zero-order valence-electron chi connectivity index (χ0n) is 18.4. The summed E-state index contributed by atoms with van der Waals surface area (Å²) in [4.78, 5) is 25.4. The number of hydrogen-bond acceptors (Lipinski definition) is 7. The minimum atomic E-state index is -3.64. The van der Waals surface area contributed by atoms with E-state index in [1.54, 1.807) is 34.0 Å². The molecule has 1 fully saturated rings. The Kier molecular flexibility index (Phi) is 6.11. The summed E-state index contributed by atoms with van der Waals surface area (Å²) in [6.07, 6.45) is 3.40. The Morgan fingerprint density at radius 1 is 1.09 bits per heavy atom. The Bertz CT molecular complexity index is 1250. The second kappa shape index (κ2) is 8.83. The molecule has 0 aliphatic carbocycles. The molecule has 11 heteroatoms. The molecule has 32 heavy (non-hydrogen) atoms. The molecular formula is C21H27N7O3S. The van der Waals surface area contributed by atoms with Gasteiger partial charge in [-0.25, -0.2) is 23.1 Å². The van der Waals surface area contributed by atoms with Gasteiger partial charge in [-0.05, 0) is 37.1 Å². The largest absolute Gasteiger partial charge is 0.352 e. The van der Waals surface area contributed by atoms with E-state index < -0.39 is 10.0 Å². The number of carbonyl (C=O) groups is 1. The maximum absolute atomic E-state index is 12.6. The van der Waals surface area contributed by atoms with Crippen LogP contribution in [0, 0.1) is 13.8 Å². The van der Waals surface area contributed by atoms with Gasteiger partial charge in [-0.15, -0.1) is 0 Å². The van der Waals surface area contributed by atoms with Crippen LogP contribution in [0.2, 0.25) is 0 Å². The zero-order chi connectivity index (χ0) is 22.9. The van der Waals surface area contributed by atoms with E-state index in [0.717, 1.165) is 28.0 Å². The smallest absolute Gasteiger partial charge is 0.240 e. The number of sulfonamides is 1. The van der Waals surface area contributed by atoms with E-state index in [1.807, 2.05) is 20.9 Å². The number of nitrogens with zero attached hydrogens (tertiary/aromatic N) is 6. The topological polar surface area (TPSA) is 113 Å². The van der Waals surface area contributed by atoms with Crippen LogP contribution in [-0.4, -0.2) is 71.7 Å². The number of aromatic nitrogens is 4. The monoisotopic (exact) mass is 457 g/mol. The molecule has 0 bridgehead atoms. The zero-order valence-corrected chi connectivity index (χ0v) is 19.3. The van der Waals surface area contributed by atoms with E-state index >= 15 is 0 Å². The Morgan fingerprint density at radius 2 is 1.84 bits per heavy atom. The lowest BCUT2D eigenvalue weighted by molar-refractivity contribution is -0.131. The molecule has 1 aliphatic rings. The molecular weight excluding hydrogens is 430 g/mol. The van der Waals surface area contributed by atoms with Crippen LogP contribution in [-0.2, 0) is 21.9 Å². The molecule has 0 atom stereocenters. The first-order chi connectivity index (χ1) is 15.3. The molecule has 3 heterocycles. The number of amides is 1.